The largest absolute Gasteiger partial charge is 0.357 e. The maximum Gasteiger partial charge on any atom is 0.191 e. The van der Waals surface area contributed by atoms with Gasteiger partial charge in [0.1, 0.15) is 5.82 Å². The molecular formula is C19H28FN5S. The van der Waals surface area contributed by atoms with E-state index in [9.17, 15) is 4.39 Å². The summed E-state index contributed by atoms with van der Waals surface area (Å²) in [5.41, 5.74) is 2.74. The molecule has 0 aliphatic heterocycles. The lowest BCUT2D eigenvalue weighted by Gasteiger charge is -2.13. The van der Waals surface area contributed by atoms with Crippen LogP contribution in [0.2, 0.25) is 0 Å². The zero-order valence-electron chi connectivity index (χ0n) is 16.2. The third-order valence-electron chi connectivity index (χ3n) is 3.78. The predicted octanol–water partition coefficient (Wildman–Crippen LogP) is 3.22. The molecule has 2 aromatic rings. The first-order chi connectivity index (χ1) is 12.4. The Labute approximate surface area is 159 Å². The molecule has 1 aromatic heterocycles. The van der Waals surface area contributed by atoms with E-state index in [2.05, 4.69) is 20.6 Å². The molecule has 0 bridgehead atoms. The summed E-state index contributed by atoms with van der Waals surface area (Å²) in [6.45, 7) is 8.62. The van der Waals surface area contributed by atoms with E-state index in [0.717, 1.165) is 28.8 Å². The standard InChI is InChI=1S/C19H28FN5S/c1-6-21-19(23-11-18-13(2)24-14(3)26-18)22-10-15-7-8-17(20)16(9-15)12-25(4)5/h7-9H,6,10-12H2,1-5H3,(H2,21,22,23). The van der Waals surface area contributed by atoms with E-state index in [4.69, 9.17) is 0 Å². The highest BCUT2D eigenvalue weighted by Gasteiger charge is 2.07. The number of aliphatic imine (C=N–C) groups is 1. The molecule has 26 heavy (non-hydrogen) atoms. The van der Waals surface area contributed by atoms with Crippen molar-refractivity contribution in [2.75, 3.05) is 20.6 Å². The molecule has 0 fully saturated rings. The van der Waals surface area contributed by atoms with Gasteiger partial charge in [0.2, 0.25) is 0 Å². The van der Waals surface area contributed by atoms with Gasteiger partial charge in [0.05, 0.1) is 23.8 Å². The highest BCUT2D eigenvalue weighted by molar-refractivity contribution is 7.11. The molecular weight excluding hydrogens is 349 g/mol. The number of rotatable bonds is 7. The van der Waals surface area contributed by atoms with Gasteiger partial charge in [-0.15, -0.1) is 11.3 Å². The third kappa shape index (κ3) is 6.07. The minimum Gasteiger partial charge on any atom is -0.357 e. The Balaban J connectivity index is 2.05. The van der Waals surface area contributed by atoms with Gasteiger partial charge >= 0.3 is 0 Å². The van der Waals surface area contributed by atoms with Crippen LogP contribution in [0.5, 0.6) is 0 Å². The average molecular weight is 378 g/mol. The number of halogens is 1. The van der Waals surface area contributed by atoms with Gasteiger partial charge in [-0.2, -0.15) is 0 Å². The lowest BCUT2D eigenvalue weighted by molar-refractivity contribution is 0.392. The zero-order valence-corrected chi connectivity index (χ0v) is 17.0. The van der Waals surface area contributed by atoms with E-state index in [1.54, 1.807) is 17.4 Å². The number of guanidine groups is 1. The van der Waals surface area contributed by atoms with Crippen molar-refractivity contribution in [3.63, 3.8) is 0 Å². The highest BCUT2D eigenvalue weighted by Crippen LogP contribution is 2.16. The first-order valence-electron chi connectivity index (χ1n) is 8.76. The van der Waals surface area contributed by atoms with Crippen LogP contribution in [0.4, 0.5) is 4.39 Å². The summed E-state index contributed by atoms with van der Waals surface area (Å²) in [4.78, 5) is 12.2. The highest BCUT2D eigenvalue weighted by atomic mass is 32.1. The normalized spacial score (nSPS) is 11.9. The van der Waals surface area contributed by atoms with Gasteiger partial charge in [0, 0.05) is 23.5 Å². The zero-order chi connectivity index (χ0) is 19.1. The molecule has 1 aromatic carbocycles. The quantitative estimate of drug-likeness (QED) is 0.575. The van der Waals surface area contributed by atoms with E-state index in [1.165, 1.54) is 10.9 Å². The summed E-state index contributed by atoms with van der Waals surface area (Å²) in [5, 5.41) is 7.67. The van der Waals surface area contributed by atoms with Crippen LogP contribution in [0.1, 0.15) is 33.6 Å². The molecule has 1 heterocycles. The molecule has 0 saturated carbocycles. The molecule has 5 nitrogen and oxygen atoms in total. The first-order valence-corrected chi connectivity index (χ1v) is 9.57. The molecule has 2 N–H and O–H groups in total. The molecule has 0 atom stereocenters. The Hall–Kier alpha value is -1.99. The van der Waals surface area contributed by atoms with Gasteiger partial charge in [-0.3, -0.25) is 0 Å². The van der Waals surface area contributed by atoms with E-state index >= 15 is 0 Å². The van der Waals surface area contributed by atoms with Crippen molar-refractivity contribution < 1.29 is 4.39 Å². The van der Waals surface area contributed by atoms with Crippen LogP contribution in [0.25, 0.3) is 0 Å². The lowest BCUT2D eigenvalue weighted by atomic mass is 10.1. The van der Waals surface area contributed by atoms with E-state index < -0.39 is 0 Å². The Morgan fingerprint density at radius 2 is 2.04 bits per heavy atom. The SMILES string of the molecule is CCNC(=NCc1ccc(F)c(CN(C)C)c1)NCc1sc(C)nc1C. The van der Waals surface area contributed by atoms with E-state index in [-0.39, 0.29) is 5.82 Å². The molecule has 2 rings (SSSR count). The molecule has 0 unspecified atom stereocenters. The Morgan fingerprint density at radius 3 is 2.65 bits per heavy atom. The molecule has 0 spiro atoms. The van der Waals surface area contributed by atoms with Crippen LogP contribution in [0.3, 0.4) is 0 Å². The van der Waals surface area contributed by atoms with Crippen molar-refractivity contribution in [1.82, 2.24) is 20.5 Å². The van der Waals surface area contributed by atoms with Gasteiger partial charge in [0.25, 0.3) is 0 Å². The fourth-order valence-corrected chi connectivity index (χ4v) is 3.48. The van der Waals surface area contributed by atoms with Crippen LogP contribution in [-0.4, -0.2) is 36.5 Å². The van der Waals surface area contributed by atoms with Crippen molar-refractivity contribution in [3.05, 3.63) is 50.7 Å². The molecule has 0 aliphatic rings. The van der Waals surface area contributed by atoms with Crippen LogP contribution in [0.15, 0.2) is 23.2 Å². The van der Waals surface area contributed by atoms with Crippen molar-refractivity contribution in [2.45, 2.75) is 40.4 Å². The van der Waals surface area contributed by atoms with Crippen molar-refractivity contribution >= 4 is 17.3 Å². The summed E-state index contributed by atoms with van der Waals surface area (Å²) in [6.07, 6.45) is 0. The Kier molecular flexibility index (Phi) is 7.53. The fraction of sp³-hybridized carbons (Fsp3) is 0.474. The second-order valence-corrected chi connectivity index (χ2v) is 7.74. The van der Waals surface area contributed by atoms with Crippen LogP contribution < -0.4 is 10.6 Å². The first kappa shape index (κ1) is 20.3. The predicted molar refractivity (Wildman–Crippen MR) is 107 cm³/mol. The summed E-state index contributed by atoms with van der Waals surface area (Å²) < 4.78 is 13.9. The molecule has 142 valence electrons. The topological polar surface area (TPSA) is 52.6 Å². The summed E-state index contributed by atoms with van der Waals surface area (Å²) in [5.74, 6) is 0.573. The summed E-state index contributed by atoms with van der Waals surface area (Å²) in [7, 11) is 3.86. The molecule has 0 saturated heterocycles. The molecule has 7 heteroatoms. The minimum absolute atomic E-state index is 0.174. The number of aryl methyl sites for hydroxylation is 2. The molecule has 0 radical (unpaired) electrons. The lowest BCUT2D eigenvalue weighted by Crippen LogP contribution is -2.36. The smallest absolute Gasteiger partial charge is 0.191 e. The monoisotopic (exact) mass is 377 g/mol. The number of aromatic nitrogens is 1. The van der Waals surface area contributed by atoms with Crippen molar-refractivity contribution in [3.8, 4) is 0 Å². The maximum absolute atomic E-state index is 13.9. The molecule has 0 aliphatic carbocycles. The van der Waals surface area contributed by atoms with Gasteiger partial charge in [-0.25, -0.2) is 14.4 Å². The fourth-order valence-electron chi connectivity index (χ4n) is 2.60. The number of hydrogen-bond donors (Lipinski definition) is 2. The van der Waals surface area contributed by atoms with Gasteiger partial charge in [0.15, 0.2) is 5.96 Å². The number of nitrogens with one attached hydrogen (secondary N) is 2. The van der Waals surface area contributed by atoms with Crippen LogP contribution in [0, 0.1) is 19.7 Å². The number of benzene rings is 1. The maximum atomic E-state index is 13.9. The summed E-state index contributed by atoms with van der Waals surface area (Å²) in [6, 6.07) is 5.20. The molecule has 0 amide bonds. The van der Waals surface area contributed by atoms with Gasteiger partial charge in [-0.1, -0.05) is 6.07 Å². The van der Waals surface area contributed by atoms with Crippen LogP contribution >= 0.6 is 11.3 Å². The number of nitrogens with zero attached hydrogens (tertiary/aromatic N) is 3. The Morgan fingerprint density at radius 1 is 1.27 bits per heavy atom. The second-order valence-electron chi connectivity index (χ2n) is 6.45. The minimum atomic E-state index is -0.174. The van der Waals surface area contributed by atoms with Crippen molar-refractivity contribution in [1.29, 1.82) is 0 Å². The van der Waals surface area contributed by atoms with E-state index in [0.29, 0.717) is 25.2 Å². The third-order valence-corrected chi connectivity index (χ3v) is 4.85. The number of hydrogen-bond acceptors (Lipinski definition) is 4. The summed E-state index contributed by atoms with van der Waals surface area (Å²) >= 11 is 1.70. The van der Waals surface area contributed by atoms with Crippen molar-refractivity contribution in [2.24, 2.45) is 4.99 Å². The Bertz CT molecular complexity index is 754. The number of thiazole rings is 1. The van der Waals surface area contributed by atoms with Crippen LogP contribution in [-0.2, 0) is 19.6 Å². The van der Waals surface area contributed by atoms with Gasteiger partial charge in [-0.05, 0) is 52.6 Å². The van der Waals surface area contributed by atoms with E-state index in [1.807, 2.05) is 45.8 Å². The second kappa shape index (κ2) is 9.64. The average Bonchev–Trinajstić information content (AvgIpc) is 2.90. The van der Waals surface area contributed by atoms with Gasteiger partial charge < -0.3 is 15.5 Å².